The van der Waals surface area contributed by atoms with E-state index in [0.717, 1.165) is 18.4 Å². The van der Waals surface area contributed by atoms with Crippen LogP contribution in [0.3, 0.4) is 0 Å². The number of aliphatic hydroxyl groups is 1. The van der Waals surface area contributed by atoms with Crippen LogP contribution >= 0.6 is 39.3 Å². The number of thioether (sulfide) groups is 1. The van der Waals surface area contributed by atoms with Gasteiger partial charge in [0.15, 0.2) is 0 Å². The molecule has 1 aromatic carbocycles. The molecule has 1 N–H and O–H groups in total. The van der Waals surface area contributed by atoms with Gasteiger partial charge in [-0.3, -0.25) is 0 Å². The summed E-state index contributed by atoms with van der Waals surface area (Å²) in [6.07, 6.45) is 9.86. The average molecular weight is 577 g/mol. The van der Waals surface area contributed by atoms with Gasteiger partial charge in [0, 0.05) is 6.10 Å². The summed E-state index contributed by atoms with van der Waals surface area (Å²) in [6, 6.07) is 10.4. The third-order valence-electron chi connectivity index (χ3n) is 4.17. The number of aliphatic hydroxyl groups excluding tert-OH is 1. The van der Waals surface area contributed by atoms with Crippen LogP contribution in [0.5, 0.6) is 0 Å². The van der Waals surface area contributed by atoms with Gasteiger partial charge < -0.3 is 22.3 Å². The van der Waals surface area contributed by atoms with Crippen LogP contribution in [0.15, 0.2) is 35.9 Å². The number of halogens is 3. The molecule has 6 heteroatoms. The van der Waals surface area contributed by atoms with E-state index in [2.05, 4.69) is 29.7 Å². The predicted molar refractivity (Wildman–Crippen MR) is 105 cm³/mol. The minimum absolute atomic E-state index is 0.328. The summed E-state index contributed by atoms with van der Waals surface area (Å²) < 4.78 is 0. The molecular formula is C18H25Cl3OSTa-. The van der Waals surface area contributed by atoms with E-state index < -0.39 is 15.2 Å². The minimum atomic E-state index is -2.18. The van der Waals surface area contributed by atoms with Crippen molar-refractivity contribution in [2.24, 2.45) is 5.92 Å². The van der Waals surface area contributed by atoms with Crippen molar-refractivity contribution in [2.75, 3.05) is 6.26 Å². The average Bonchev–Trinajstić information content (AvgIpc) is 2.59. The second-order valence-electron chi connectivity index (χ2n) is 5.83. The Kier molecular flexibility index (Phi) is 13.4. The third kappa shape index (κ3) is 10.1. The summed E-state index contributed by atoms with van der Waals surface area (Å²) >= 11 is -0.570. The molecule has 0 radical (unpaired) electrons. The Morgan fingerprint density at radius 3 is 2.33 bits per heavy atom. The van der Waals surface area contributed by atoms with E-state index in [4.69, 9.17) is 27.6 Å². The second-order valence-corrected chi connectivity index (χ2v) is 20.4. The van der Waals surface area contributed by atoms with Crippen LogP contribution in [0, 0.1) is 11.3 Å². The van der Waals surface area contributed by atoms with Crippen LogP contribution < -0.4 is 0 Å². The van der Waals surface area contributed by atoms with Gasteiger partial charge in [-0.1, -0.05) is 49.6 Å². The van der Waals surface area contributed by atoms with E-state index in [1.165, 1.54) is 37.7 Å². The molecule has 1 aliphatic rings. The fourth-order valence-electron chi connectivity index (χ4n) is 3.06. The molecular weight excluding hydrogens is 552 g/mol. The monoisotopic (exact) mass is 575 g/mol. The Balaban J connectivity index is 0.000000648. The van der Waals surface area contributed by atoms with Crippen molar-refractivity contribution in [3.63, 3.8) is 0 Å². The Morgan fingerprint density at radius 2 is 1.79 bits per heavy atom. The van der Waals surface area contributed by atoms with Crippen LogP contribution in [0.4, 0.5) is 0 Å². The van der Waals surface area contributed by atoms with Gasteiger partial charge in [0.05, 0.1) is 0 Å². The van der Waals surface area contributed by atoms with Gasteiger partial charge in [-0.25, -0.2) is 5.57 Å². The Labute approximate surface area is 168 Å². The Morgan fingerprint density at radius 1 is 1.21 bits per heavy atom. The van der Waals surface area contributed by atoms with E-state index in [-0.39, 0.29) is 6.10 Å². The number of benzene rings is 1. The van der Waals surface area contributed by atoms with E-state index >= 15 is 0 Å². The van der Waals surface area contributed by atoms with Gasteiger partial charge in [-0.15, -0.1) is 0 Å². The molecule has 1 fully saturated rings. The molecule has 0 aliphatic heterocycles. The van der Waals surface area contributed by atoms with Gasteiger partial charge in [-0.2, -0.15) is 0 Å². The van der Waals surface area contributed by atoms with Crippen molar-refractivity contribution in [2.45, 2.75) is 51.0 Å². The van der Waals surface area contributed by atoms with E-state index in [9.17, 15) is 5.11 Å². The molecule has 1 aliphatic carbocycles. The summed E-state index contributed by atoms with van der Waals surface area (Å²) in [7, 11) is 15.0. The molecule has 1 unspecified atom stereocenters. The van der Waals surface area contributed by atoms with Crippen molar-refractivity contribution in [3.05, 3.63) is 46.9 Å². The number of hydrogen-bond acceptors (Lipinski definition) is 2. The van der Waals surface area contributed by atoms with Gasteiger partial charge in [0.1, 0.15) is 0 Å². The van der Waals surface area contributed by atoms with Crippen molar-refractivity contribution in [3.8, 4) is 0 Å². The van der Waals surface area contributed by atoms with Crippen molar-refractivity contribution < 1.29 is 20.3 Å². The van der Waals surface area contributed by atoms with Crippen molar-refractivity contribution in [1.82, 2.24) is 0 Å². The molecule has 1 saturated carbocycles. The van der Waals surface area contributed by atoms with Crippen LogP contribution in [0.1, 0.15) is 44.1 Å². The van der Waals surface area contributed by atoms with Crippen LogP contribution in [0.2, 0.25) is 0 Å². The molecule has 0 bridgehead atoms. The first-order valence-corrected chi connectivity index (χ1v) is 21.4. The van der Waals surface area contributed by atoms with Crippen molar-refractivity contribution in [1.29, 1.82) is 0 Å². The topological polar surface area (TPSA) is 20.2 Å². The molecule has 0 saturated heterocycles. The summed E-state index contributed by atoms with van der Waals surface area (Å²) in [5, 5.41) is 13.9. The summed E-state index contributed by atoms with van der Waals surface area (Å²) in [6.45, 7) is 0. The van der Waals surface area contributed by atoms with Gasteiger partial charge >= 0.3 is 42.8 Å². The SMILES string of the molecule is CS[C-]=C(C(O)CCc1ccccc1)C1CCCCC1.[Cl][Ta]([Cl])[Cl]. The first-order chi connectivity index (χ1) is 11.5. The Hall–Kier alpha value is 0.880. The third-order valence-corrected chi connectivity index (χ3v) is 4.61. The zero-order valence-electron chi connectivity index (χ0n) is 13.9. The second kappa shape index (κ2) is 14.0. The number of rotatable bonds is 6. The Bertz CT molecular complexity index is 462. The van der Waals surface area contributed by atoms with Gasteiger partial charge in [-0.05, 0) is 43.4 Å². The molecule has 0 spiro atoms. The van der Waals surface area contributed by atoms with E-state index in [1.807, 2.05) is 12.3 Å². The van der Waals surface area contributed by atoms with Gasteiger partial charge in [0.25, 0.3) is 0 Å². The molecule has 1 nitrogen and oxygen atoms in total. The fraction of sp³-hybridized carbons (Fsp3) is 0.556. The molecule has 136 valence electrons. The summed E-state index contributed by atoms with van der Waals surface area (Å²) in [4.78, 5) is 0. The van der Waals surface area contributed by atoms with Crippen LogP contribution in [-0.4, -0.2) is 17.5 Å². The molecule has 0 aromatic heterocycles. The summed E-state index contributed by atoms with van der Waals surface area (Å²) in [5.74, 6) is 0.557. The van der Waals surface area contributed by atoms with E-state index in [1.54, 1.807) is 11.8 Å². The first kappa shape index (κ1) is 22.9. The molecule has 0 amide bonds. The maximum absolute atomic E-state index is 10.5. The standard InChI is InChI=1S/C18H25OS.3ClH.Ta/c1-20-14-17(16-10-6-3-7-11-16)18(19)13-12-15-8-4-2-5-9-15;;;;/h2,4-5,8-9,16,18-19H,3,6-7,10-13H2,1H3;3*1H;/q-1;;;;+3/p-3. The number of hydrogen-bond donors (Lipinski definition) is 1. The maximum atomic E-state index is 10.5. The van der Waals surface area contributed by atoms with Gasteiger partial charge in [0.2, 0.25) is 0 Å². The quantitative estimate of drug-likeness (QED) is 0.382. The summed E-state index contributed by atoms with van der Waals surface area (Å²) in [5.41, 5.74) is 2.46. The molecule has 1 aromatic rings. The molecule has 0 heterocycles. The normalized spacial score (nSPS) is 17.3. The zero-order valence-corrected chi connectivity index (χ0v) is 20.2. The molecule has 2 rings (SSSR count). The fourth-order valence-corrected chi connectivity index (χ4v) is 3.60. The molecule has 24 heavy (non-hydrogen) atoms. The van der Waals surface area contributed by atoms with Crippen LogP contribution in [-0.2, 0) is 21.6 Å². The van der Waals surface area contributed by atoms with Crippen LogP contribution in [0.25, 0.3) is 0 Å². The van der Waals surface area contributed by atoms with Crippen molar-refractivity contribution >= 4 is 39.3 Å². The number of aryl methyl sites for hydroxylation is 1. The molecule has 1 atom stereocenters. The predicted octanol–water partition coefficient (Wildman–Crippen LogP) is 6.68. The van der Waals surface area contributed by atoms with E-state index in [0.29, 0.717) is 5.92 Å². The first-order valence-electron chi connectivity index (χ1n) is 8.19. The zero-order chi connectivity index (χ0) is 17.8.